The maximum atomic E-state index is 2.84. The molecule has 4 aliphatic rings. The van der Waals surface area contributed by atoms with E-state index in [4.69, 9.17) is 0 Å². The summed E-state index contributed by atoms with van der Waals surface area (Å²) in [4.78, 5) is 5.54. The first-order valence-electron chi connectivity index (χ1n) is 26.6. The molecule has 6 heterocycles. The Hall–Kier alpha value is -6.04. The molecule has 0 amide bonds. The quantitative estimate of drug-likeness (QED) is 0.160. The number of para-hydroxylation sites is 2. The molecule has 3 nitrogen and oxygen atoms in total. The van der Waals surface area contributed by atoms with Gasteiger partial charge in [0.2, 0.25) is 0 Å². The molecule has 2 aliphatic carbocycles. The molecule has 2 unspecified atom stereocenters. The number of fused-ring (bicyclic) bond motifs is 14. The molecule has 0 bridgehead atoms. The third-order valence-electron chi connectivity index (χ3n) is 18.9. The van der Waals surface area contributed by atoms with Gasteiger partial charge in [0.05, 0.1) is 33.6 Å². The number of thiophene rings is 1. The van der Waals surface area contributed by atoms with Crippen LogP contribution in [0.25, 0.3) is 59.0 Å². The van der Waals surface area contributed by atoms with Crippen LogP contribution in [-0.2, 0) is 27.1 Å². The van der Waals surface area contributed by atoms with E-state index in [9.17, 15) is 0 Å². The molecule has 4 aromatic heterocycles. The number of hydrogen-bond acceptors (Lipinski definition) is 3. The summed E-state index contributed by atoms with van der Waals surface area (Å²) >= 11 is 2.04. The molecule has 2 atom stereocenters. The second-order valence-corrected chi connectivity index (χ2v) is 27.4. The number of benzene rings is 7. The Balaban J connectivity index is 1.16. The molecule has 1 saturated carbocycles. The van der Waals surface area contributed by atoms with Crippen LogP contribution in [0.3, 0.4) is 0 Å². The van der Waals surface area contributed by atoms with Crippen molar-refractivity contribution in [1.29, 1.82) is 0 Å². The van der Waals surface area contributed by atoms with Crippen LogP contribution in [0.1, 0.15) is 137 Å². The highest BCUT2D eigenvalue weighted by atomic mass is 32.1. The Kier molecular flexibility index (Phi) is 8.00. The highest BCUT2D eigenvalue weighted by molar-refractivity contribution is 7.33. The molecule has 0 saturated heterocycles. The van der Waals surface area contributed by atoms with E-state index in [1.165, 1.54) is 151 Å². The minimum absolute atomic E-state index is 0.00737. The molecule has 7 aromatic carbocycles. The van der Waals surface area contributed by atoms with E-state index in [-0.39, 0.29) is 33.8 Å². The standard InChI is InChI=1S/C66H64BN3S/c1-62(2,3)36-22-26-39(27-23-36)68-49-30-24-38(64(7,8)9)34-48(49)67-54-59(68)52-43-19-15-17-41-42-18-16-20-44-53(58(52)70(55(41)43)56(42)44)60(54)69(57-45-33-37(63(4,5)6)25-31-50(45)71-61(57)67)40-28-29-46-47(35-40)66(12)32-14-13-21-51(66)65(46,10)11/h15-20,22-31,33-35,51H,13-14,21,32H2,1-12H3. The summed E-state index contributed by atoms with van der Waals surface area (Å²) in [7, 11) is 0. The van der Waals surface area contributed by atoms with Crippen LogP contribution in [-0.4, -0.2) is 11.1 Å². The maximum Gasteiger partial charge on any atom is 0.264 e. The predicted octanol–water partition coefficient (Wildman–Crippen LogP) is 16.8. The zero-order valence-corrected chi connectivity index (χ0v) is 44.5. The Morgan fingerprint density at radius 3 is 1.79 bits per heavy atom. The van der Waals surface area contributed by atoms with Crippen molar-refractivity contribution in [2.45, 2.75) is 136 Å². The van der Waals surface area contributed by atoms with Gasteiger partial charge in [0.1, 0.15) is 0 Å². The van der Waals surface area contributed by atoms with Crippen LogP contribution in [0.5, 0.6) is 0 Å². The summed E-state index contributed by atoms with van der Waals surface area (Å²) in [6.45, 7) is 29.0. The van der Waals surface area contributed by atoms with Crippen LogP contribution < -0.4 is 25.5 Å². The van der Waals surface area contributed by atoms with Gasteiger partial charge in [0.15, 0.2) is 0 Å². The van der Waals surface area contributed by atoms with E-state index in [1.54, 1.807) is 11.1 Å². The van der Waals surface area contributed by atoms with Crippen LogP contribution in [0, 0.1) is 5.92 Å². The summed E-state index contributed by atoms with van der Waals surface area (Å²) in [5.41, 5.74) is 22.3. The zero-order valence-electron chi connectivity index (χ0n) is 43.7. The Morgan fingerprint density at radius 2 is 1.13 bits per heavy atom. The summed E-state index contributed by atoms with van der Waals surface area (Å²) in [6, 6.07) is 46.7. The molecule has 5 heteroatoms. The summed E-state index contributed by atoms with van der Waals surface area (Å²) in [5, 5.41) is 9.55. The lowest BCUT2D eigenvalue weighted by Gasteiger charge is -2.44. The van der Waals surface area contributed by atoms with Crippen molar-refractivity contribution < 1.29 is 0 Å². The van der Waals surface area contributed by atoms with Crippen molar-refractivity contribution in [2.75, 3.05) is 9.80 Å². The molecule has 0 radical (unpaired) electrons. The van der Waals surface area contributed by atoms with Crippen molar-refractivity contribution in [1.82, 2.24) is 4.40 Å². The van der Waals surface area contributed by atoms with E-state index in [1.807, 2.05) is 11.3 Å². The third kappa shape index (κ3) is 5.22. The molecule has 2 aliphatic heterocycles. The number of aromatic nitrogens is 1. The highest BCUT2D eigenvalue weighted by Crippen LogP contribution is 2.62. The van der Waals surface area contributed by atoms with Gasteiger partial charge in [-0.2, -0.15) is 0 Å². The van der Waals surface area contributed by atoms with Crippen LogP contribution >= 0.6 is 11.3 Å². The van der Waals surface area contributed by atoms with Crippen molar-refractivity contribution in [3.63, 3.8) is 0 Å². The van der Waals surface area contributed by atoms with E-state index in [0.717, 1.165) is 0 Å². The zero-order chi connectivity index (χ0) is 48.8. The number of hydrogen-bond donors (Lipinski definition) is 0. The normalized spacial score (nSPS) is 19.8. The molecule has 0 spiro atoms. The first-order valence-corrected chi connectivity index (χ1v) is 27.5. The predicted molar refractivity (Wildman–Crippen MR) is 309 cm³/mol. The lowest BCUT2D eigenvalue weighted by atomic mass is 9.35. The van der Waals surface area contributed by atoms with E-state index < -0.39 is 0 Å². The van der Waals surface area contributed by atoms with Crippen molar-refractivity contribution in [2.24, 2.45) is 5.92 Å². The number of rotatable bonds is 2. The molecular formula is C66H64BN3S. The Labute approximate surface area is 423 Å². The molecular weight excluding hydrogens is 878 g/mol. The average molecular weight is 942 g/mol. The molecule has 1 fully saturated rings. The maximum absolute atomic E-state index is 2.84. The summed E-state index contributed by atoms with van der Waals surface area (Å²) < 4.78 is 5.51. The monoisotopic (exact) mass is 941 g/mol. The lowest BCUT2D eigenvalue weighted by Crippen LogP contribution is -2.60. The topological polar surface area (TPSA) is 10.9 Å². The van der Waals surface area contributed by atoms with Crippen molar-refractivity contribution >= 4 is 127 Å². The van der Waals surface area contributed by atoms with Gasteiger partial charge in [-0.05, 0) is 127 Å². The molecule has 15 rings (SSSR count). The summed E-state index contributed by atoms with van der Waals surface area (Å²) in [5.74, 6) is 0.633. The van der Waals surface area contributed by atoms with Gasteiger partial charge < -0.3 is 14.2 Å². The van der Waals surface area contributed by atoms with Crippen LogP contribution in [0.4, 0.5) is 34.1 Å². The smallest absolute Gasteiger partial charge is 0.264 e. The Bertz CT molecular complexity index is 4070. The highest BCUT2D eigenvalue weighted by Gasteiger charge is 2.55. The van der Waals surface area contributed by atoms with Gasteiger partial charge in [0, 0.05) is 64.2 Å². The molecule has 352 valence electrons. The van der Waals surface area contributed by atoms with Crippen molar-refractivity contribution in [3.8, 4) is 0 Å². The lowest BCUT2D eigenvalue weighted by molar-refractivity contribution is 0.157. The minimum atomic E-state index is -0.0378. The second-order valence-electron chi connectivity index (χ2n) is 26.3. The number of nitrogens with zero attached hydrogens (tertiary/aromatic N) is 3. The second kappa shape index (κ2) is 13.3. The first kappa shape index (κ1) is 42.6. The third-order valence-corrected chi connectivity index (χ3v) is 20.1. The molecule has 0 N–H and O–H groups in total. The van der Waals surface area contributed by atoms with Gasteiger partial charge >= 0.3 is 0 Å². The van der Waals surface area contributed by atoms with Crippen LogP contribution in [0.15, 0.2) is 115 Å². The van der Waals surface area contributed by atoms with Gasteiger partial charge in [-0.25, -0.2) is 0 Å². The van der Waals surface area contributed by atoms with Gasteiger partial charge in [-0.15, -0.1) is 11.3 Å². The van der Waals surface area contributed by atoms with Crippen molar-refractivity contribution in [3.05, 3.63) is 143 Å². The van der Waals surface area contributed by atoms with E-state index in [0.29, 0.717) is 5.92 Å². The SMILES string of the molecule is CC(C)(C)c1ccc(N2c3ccc(C(C)(C)C)cc3B3c4sc5ccc(C(C)(C)C)cc5c4N(c4ccc5c(c4)C4(C)CCCCC4C5(C)C)c4c3c2c2c3cccc5c6cccc7c4c2n(c53)c67)cc1. The largest absolute Gasteiger partial charge is 0.311 e. The van der Waals surface area contributed by atoms with E-state index in [2.05, 4.69) is 213 Å². The minimum Gasteiger partial charge on any atom is -0.311 e. The van der Waals surface area contributed by atoms with Gasteiger partial charge in [-0.1, -0.05) is 169 Å². The fourth-order valence-electron chi connectivity index (χ4n) is 15.4. The van der Waals surface area contributed by atoms with Gasteiger partial charge in [-0.3, -0.25) is 0 Å². The Morgan fingerprint density at radius 1 is 0.535 bits per heavy atom. The average Bonchev–Trinajstić information content (AvgIpc) is 4.11. The molecule has 11 aromatic rings. The fraction of sp³-hybridized carbons (Fsp3) is 0.333. The number of anilines is 6. The fourth-order valence-corrected chi connectivity index (χ4v) is 16.7. The van der Waals surface area contributed by atoms with E-state index >= 15 is 0 Å². The first-order chi connectivity index (χ1) is 33.8. The molecule has 71 heavy (non-hydrogen) atoms. The summed E-state index contributed by atoms with van der Waals surface area (Å²) in [6.07, 6.45) is 5.19. The van der Waals surface area contributed by atoms with Gasteiger partial charge in [0.25, 0.3) is 6.71 Å². The van der Waals surface area contributed by atoms with Crippen LogP contribution in [0.2, 0.25) is 0 Å².